The fourth-order valence-corrected chi connectivity index (χ4v) is 8.90. The van der Waals surface area contributed by atoms with Gasteiger partial charge in [-0.3, -0.25) is 32.9 Å². The van der Waals surface area contributed by atoms with Gasteiger partial charge in [0, 0.05) is 0 Å². The molecule has 0 bridgehead atoms. The number of aliphatic hydroxyl groups excluding tert-OH is 5. The van der Waals surface area contributed by atoms with Crippen LogP contribution in [-0.4, -0.2) is 134 Å². The molecular weight excluding hydrogens is 832 g/mol. The van der Waals surface area contributed by atoms with Crippen LogP contribution in [0.4, 0.5) is 28.7 Å². The van der Waals surface area contributed by atoms with Crippen molar-refractivity contribution in [3.05, 3.63) is 56.8 Å². The number of imidazole rings is 1. The fourth-order valence-electron chi connectivity index (χ4n) is 6.01. The number of phosphoric acid groups is 2. The van der Waals surface area contributed by atoms with Gasteiger partial charge in [0.25, 0.3) is 5.56 Å². The summed E-state index contributed by atoms with van der Waals surface area (Å²) >= 11 is 0. The number of fused-ring (bicyclic) bond motifs is 3. The van der Waals surface area contributed by atoms with Crippen molar-refractivity contribution >= 4 is 65.8 Å². The van der Waals surface area contributed by atoms with Gasteiger partial charge in [0.15, 0.2) is 23.4 Å². The molecule has 4 aromatic rings. The lowest BCUT2D eigenvalue weighted by molar-refractivity contribution is -0.0719. The number of aromatic amines is 2. The lowest BCUT2D eigenvalue weighted by Crippen LogP contribution is -2.48. The number of rotatable bonds is 14. The van der Waals surface area contributed by atoms with E-state index in [4.69, 9.17) is 10.5 Å². The van der Waals surface area contributed by atoms with Gasteiger partial charge >= 0.3 is 31.6 Å². The van der Waals surface area contributed by atoms with Crippen LogP contribution < -0.4 is 26.2 Å². The maximum atomic E-state index is 12.9. The Morgan fingerprint density at radius 1 is 0.965 bits per heavy atom. The van der Waals surface area contributed by atoms with Crippen LogP contribution in [0.5, 0.6) is 0 Å². The summed E-state index contributed by atoms with van der Waals surface area (Å²) in [5, 5.41) is 53.3. The second-order valence-corrected chi connectivity index (χ2v) is 17.1. The Hall–Kier alpha value is -4.22. The first-order chi connectivity index (χ1) is 26.5. The molecule has 3 aromatic heterocycles. The van der Waals surface area contributed by atoms with E-state index < -0.39 is 111 Å². The van der Waals surface area contributed by atoms with Crippen molar-refractivity contribution in [2.45, 2.75) is 56.7 Å². The third-order valence-electron chi connectivity index (χ3n) is 8.88. The minimum atomic E-state index is -5.63. The molecule has 1 fully saturated rings. The first-order valence-corrected chi connectivity index (χ1v) is 20.6. The third kappa shape index (κ3) is 8.51. The zero-order chi connectivity index (χ0) is 41.9. The van der Waals surface area contributed by atoms with Crippen LogP contribution in [0.3, 0.4) is 0 Å². The van der Waals surface area contributed by atoms with E-state index in [0.717, 1.165) is 11.2 Å². The molecule has 0 radical (unpaired) electrons. The molecule has 0 amide bonds. The Balaban J connectivity index is 1.09. The number of phosphoric ester groups is 2. The van der Waals surface area contributed by atoms with E-state index in [1.807, 2.05) is 4.98 Å². The highest BCUT2D eigenvalue weighted by Gasteiger charge is 2.47. The van der Waals surface area contributed by atoms with Crippen LogP contribution in [0, 0.1) is 13.8 Å². The molecule has 9 atom stereocenters. The van der Waals surface area contributed by atoms with Gasteiger partial charge < -0.3 is 50.7 Å². The summed E-state index contributed by atoms with van der Waals surface area (Å²) in [6.45, 7) is 0.0534. The largest absolute Gasteiger partial charge is 0.481 e. The maximum Gasteiger partial charge on any atom is 0.481 e. The van der Waals surface area contributed by atoms with Gasteiger partial charge in [-0.15, -0.1) is 0 Å². The zero-order valence-electron chi connectivity index (χ0n) is 29.2. The molecule has 57 heavy (non-hydrogen) atoms. The summed E-state index contributed by atoms with van der Waals surface area (Å²) in [5.41, 5.74) is 3.44. The first-order valence-electron chi connectivity index (χ1n) is 16.2. The molecule has 1 aromatic carbocycles. The van der Waals surface area contributed by atoms with Gasteiger partial charge in [-0.1, -0.05) is 0 Å². The number of hydrogen-bond donors (Lipinski definition) is 11. The second-order valence-electron chi connectivity index (χ2n) is 12.7. The zero-order valence-corrected chi connectivity index (χ0v) is 31.8. The second kappa shape index (κ2) is 15.5. The quantitative estimate of drug-likeness (QED) is 0.0459. The number of nitrogens with one attached hydrogen (secondary N) is 2. The molecule has 0 saturated carbocycles. The van der Waals surface area contributed by atoms with Crippen LogP contribution in [0.2, 0.25) is 0 Å². The smallest absolute Gasteiger partial charge is 0.388 e. The van der Waals surface area contributed by atoms with Crippen molar-refractivity contribution in [2.75, 3.05) is 34.7 Å². The van der Waals surface area contributed by atoms with Crippen LogP contribution in [0.25, 0.3) is 11.2 Å². The normalized spacial score (nSPS) is 23.4. The number of hydrogen-bond acceptors (Lipinski definition) is 20. The summed E-state index contributed by atoms with van der Waals surface area (Å²) in [6, 6.07) is 2.66. The van der Waals surface area contributed by atoms with Crippen molar-refractivity contribution in [3.8, 4) is 0 Å². The molecule has 12 N–H and O–H groups in total. The van der Waals surface area contributed by atoms with Crippen molar-refractivity contribution < 1.29 is 75.5 Å². The molecule has 1 saturated heterocycles. The predicted molar refractivity (Wildman–Crippen MR) is 191 cm³/mol. The summed E-state index contributed by atoms with van der Waals surface area (Å²) in [4.78, 5) is 62.2. The summed E-state index contributed by atoms with van der Waals surface area (Å²) < 4.78 is 80.6. The summed E-state index contributed by atoms with van der Waals surface area (Å²) in [6.07, 6.45) is -10.6. The number of nitrogen functional groups attached to an aromatic ring is 1. The van der Waals surface area contributed by atoms with E-state index in [0.29, 0.717) is 11.1 Å². The monoisotopic (exact) mass is 867 g/mol. The molecular formula is C27H35N9O18P2S. The topological polar surface area (TPSA) is 409 Å². The highest BCUT2D eigenvalue weighted by Crippen LogP contribution is 2.60. The molecule has 312 valence electrons. The molecule has 2 aliphatic rings. The highest BCUT2D eigenvalue weighted by molar-refractivity contribution is 7.87. The number of nitrogens with two attached hydrogens (primary N) is 1. The van der Waals surface area contributed by atoms with E-state index in [-0.39, 0.29) is 32.7 Å². The lowest BCUT2D eigenvalue weighted by Gasteiger charge is -2.39. The molecule has 2 aliphatic heterocycles. The van der Waals surface area contributed by atoms with E-state index in [1.165, 1.54) is 23.0 Å². The van der Waals surface area contributed by atoms with E-state index in [9.17, 15) is 67.0 Å². The Kier molecular flexibility index (Phi) is 11.5. The standard InChI is InChI=1S/C27H35N9O18P2S/c1-10-3-12-13(4-11(10)2)36(57(48,49)50)18-24(32-27(43)33-25(18)42)34(12)5-14(37)19(39)15(38)6-51-55(44,45)54-56(46,47)52-7-16-20(40)21(41)26(53-16)35-9-31-17-22(28)29-8-30-23(17)35/h3-4,8-9,14-16,19-21,26,37-41H,5-7H2,1-2H3,(H,44,45)(H,46,47)(H2,28,29,30)(H,48,49,50)(H2,32,33,42,43)/t14-,15+,16+,19-,20+,21+,26+/m0/s1. The van der Waals surface area contributed by atoms with E-state index >= 15 is 0 Å². The van der Waals surface area contributed by atoms with Crippen LogP contribution in [-0.2, 0) is 37.5 Å². The van der Waals surface area contributed by atoms with Crippen molar-refractivity contribution in [1.29, 1.82) is 0 Å². The summed E-state index contributed by atoms with van der Waals surface area (Å²) in [5.74, 6) is -0.551. The number of aromatic nitrogens is 6. The molecule has 0 aliphatic carbocycles. The average Bonchev–Trinajstić information content (AvgIpc) is 3.66. The fraction of sp³-hybridized carbons (Fsp3) is 0.444. The lowest BCUT2D eigenvalue weighted by atomic mass is 10.0. The van der Waals surface area contributed by atoms with Gasteiger partial charge in [0.1, 0.15) is 54.3 Å². The minimum absolute atomic E-state index is 0.00790. The number of aliphatic hydroxyl groups is 5. The van der Waals surface area contributed by atoms with Gasteiger partial charge in [-0.25, -0.2) is 33.2 Å². The molecule has 5 heterocycles. The predicted octanol–water partition coefficient (Wildman–Crippen LogP) is -2.55. The molecule has 2 unspecified atom stereocenters. The van der Waals surface area contributed by atoms with Crippen molar-refractivity contribution in [1.82, 2.24) is 29.5 Å². The number of H-pyrrole nitrogens is 2. The number of β-amino-alcohol motifs (C(OH)–C–C–N with tert-alkyl or cyclic N) is 1. The Morgan fingerprint density at radius 2 is 1.61 bits per heavy atom. The minimum Gasteiger partial charge on any atom is -0.388 e. The van der Waals surface area contributed by atoms with Crippen molar-refractivity contribution in [3.63, 3.8) is 0 Å². The van der Waals surface area contributed by atoms with Crippen LogP contribution >= 0.6 is 15.6 Å². The van der Waals surface area contributed by atoms with Crippen LogP contribution in [0.1, 0.15) is 17.4 Å². The first kappa shape index (κ1) is 42.4. The molecule has 6 rings (SSSR count). The van der Waals surface area contributed by atoms with Gasteiger partial charge in [0.05, 0.1) is 37.5 Å². The van der Waals surface area contributed by atoms with Crippen molar-refractivity contribution in [2.24, 2.45) is 0 Å². The third-order valence-corrected chi connectivity index (χ3v) is 12.3. The van der Waals surface area contributed by atoms with E-state index in [2.05, 4.69) is 33.3 Å². The number of aryl methyl sites for hydroxylation is 2. The Morgan fingerprint density at radius 3 is 2.28 bits per heavy atom. The summed E-state index contributed by atoms with van der Waals surface area (Å²) in [7, 11) is -16.4. The van der Waals surface area contributed by atoms with E-state index in [1.54, 1.807) is 13.8 Å². The molecule has 27 nitrogen and oxygen atoms in total. The van der Waals surface area contributed by atoms with Crippen LogP contribution in [0.15, 0.2) is 34.4 Å². The molecule has 0 spiro atoms. The Bertz CT molecular complexity index is 2520. The number of nitrogens with zero attached hydrogens (tertiary/aromatic N) is 6. The van der Waals surface area contributed by atoms with Gasteiger partial charge in [-0.05, 0) is 37.1 Å². The van der Waals surface area contributed by atoms with Gasteiger partial charge in [-0.2, -0.15) is 12.7 Å². The van der Waals surface area contributed by atoms with Gasteiger partial charge in [0.2, 0.25) is 0 Å². The SMILES string of the molecule is Cc1cc2c(cc1C)N(S(=O)(=O)O)c1c([nH]c(=O)[nH]c1=O)N2C[C@H](O)[C@H](O)[C@H](O)COP(=O)(O)OP(=O)(O)OC[C@H]1O[C@@H](n2cnc3c(N)ncnc32)[C@H](O)[C@@H]1O. The molecule has 30 heteroatoms. The highest BCUT2D eigenvalue weighted by atomic mass is 32.2. The Labute approximate surface area is 318 Å². The average molecular weight is 868 g/mol. The maximum absolute atomic E-state index is 12.9. The number of benzene rings is 1. The number of ether oxygens (including phenoxy) is 1. The number of anilines is 5.